The summed E-state index contributed by atoms with van der Waals surface area (Å²) in [6.45, 7) is 0. The van der Waals surface area contributed by atoms with Gasteiger partial charge < -0.3 is 5.32 Å². The molecule has 19 heavy (non-hydrogen) atoms. The first kappa shape index (κ1) is 14.0. The molecule has 0 aliphatic heterocycles. The van der Waals surface area contributed by atoms with Crippen LogP contribution in [0.15, 0.2) is 40.9 Å². The van der Waals surface area contributed by atoms with Crippen LogP contribution in [0.2, 0.25) is 5.02 Å². The van der Waals surface area contributed by atoms with Crippen LogP contribution in [0, 0.1) is 11.6 Å². The largest absolute Gasteiger partial charge is 0.319 e. The highest BCUT2D eigenvalue weighted by Crippen LogP contribution is 2.21. The SMILES string of the molecule is O=C(Nc1cc(Cl)ccc1F)c1ccc(Br)cc1F. The Morgan fingerprint density at radius 3 is 2.53 bits per heavy atom. The first-order valence-electron chi connectivity index (χ1n) is 5.19. The summed E-state index contributed by atoms with van der Waals surface area (Å²) < 4.78 is 27.5. The molecule has 0 aromatic heterocycles. The maximum absolute atomic E-state index is 13.6. The maximum atomic E-state index is 13.6. The van der Waals surface area contributed by atoms with Crippen molar-refractivity contribution in [2.75, 3.05) is 5.32 Å². The van der Waals surface area contributed by atoms with E-state index in [0.29, 0.717) is 4.47 Å². The Morgan fingerprint density at radius 1 is 1.11 bits per heavy atom. The van der Waals surface area contributed by atoms with Gasteiger partial charge in [-0.15, -0.1) is 0 Å². The quantitative estimate of drug-likeness (QED) is 0.844. The van der Waals surface area contributed by atoms with Gasteiger partial charge in [0.1, 0.15) is 11.6 Å². The maximum Gasteiger partial charge on any atom is 0.258 e. The molecule has 0 heterocycles. The number of hydrogen-bond acceptors (Lipinski definition) is 1. The van der Waals surface area contributed by atoms with E-state index in [1.165, 1.54) is 24.3 Å². The summed E-state index contributed by atoms with van der Waals surface area (Å²) in [4.78, 5) is 11.8. The van der Waals surface area contributed by atoms with Crippen molar-refractivity contribution in [1.29, 1.82) is 0 Å². The Hall–Kier alpha value is -1.46. The minimum Gasteiger partial charge on any atom is -0.319 e. The Balaban J connectivity index is 2.28. The number of carbonyl (C=O) groups is 1. The van der Waals surface area contributed by atoms with E-state index in [1.807, 2.05) is 0 Å². The smallest absolute Gasteiger partial charge is 0.258 e. The normalized spacial score (nSPS) is 10.3. The van der Waals surface area contributed by atoms with E-state index in [-0.39, 0.29) is 16.3 Å². The van der Waals surface area contributed by atoms with E-state index < -0.39 is 17.5 Å². The second kappa shape index (κ2) is 5.67. The van der Waals surface area contributed by atoms with Crippen molar-refractivity contribution in [2.45, 2.75) is 0 Å². The van der Waals surface area contributed by atoms with Crippen molar-refractivity contribution in [3.05, 3.63) is 63.1 Å². The molecule has 0 spiro atoms. The summed E-state index contributed by atoms with van der Waals surface area (Å²) in [6, 6.07) is 7.71. The third-order valence-electron chi connectivity index (χ3n) is 2.35. The van der Waals surface area contributed by atoms with Crippen molar-refractivity contribution in [3.8, 4) is 0 Å². The van der Waals surface area contributed by atoms with Crippen LogP contribution >= 0.6 is 27.5 Å². The summed E-state index contributed by atoms with van der Waals surface area (Å²) in [5, 5.41) is 2.55. The molecule has 0 radical (unpaired) electrons. The second-order valence-electron chi connectivity index (χ2n) is 3.70. The molecule has 1 amide bonds. The van der Waals surface area contributed by atoms with Gasteiger partial charge in [-0.2, -0.15) is 0 Å². The van der Waals surface area contributed by atoms with Crippen LogP contribution in [-0.4, -0.2) is 5.91 Å². The molecule has 2 nitrogen and oxygen atoms in total. The lowest BCUT2D eigenvalue weighted by Gasteiger charge is -2.07. The molecule has 2 rings (SSSR count). The number of amides is 1. The van der Waals surface area contributed by atoms with Crippen LogP contribution in [0.3, 0.4) is 0 Å². The van der Waals surface area contributed by atoms with Gasteiger partial charge in [-0.05, 0) is 36.4 Å². The van der Waals surface area contributed by atoms with Gasteiger partial charge in [0.05, 0.1) is 11.3 Å². The zero-order valence-corrected chi connectivity index (χ0v) is 11.7. The monoisotopic (exact) mass is 345 g/mol. The summed E-state index contributed by atoms with van der Waals surface area (Å²) >= 11 is 8.78. The minimum atomic E-state index is -0.744. The second-order valence-corrected chi connectivity index (χ2v) is 5.05. The van der Waals surface area contributed by atoms with Gasteiger partial charge in [0, 0.05) is 9.50 Å². The van der Waals surface area contributed by atoms with E-state index in [9.17, 15) is 13.6 Å². The highest BCUT2D eigenvalue weighted by atomic mass is 79.9. The zero-order valence-electron chi connectivity index (χ0n) is 9.38. The van der Waals surface area contributed by atoms with Crippen LogP contribution in [0.5, 0.6) is 0 Å². The molecule has 2 aromatic carbocycles. The minimum absolute atomic E-state index is 0.0974. The predicted octanol–water partition coefficient (Wildman–Crippen LogP) is 4.63. The van der Waals surface area contributed by atoms with Crippen molar-refractivity contribution in [1.82, 2.24) is 0 Å². The molecule has 0 fully saturated rings. The van der Waals surface area contributed by atoms with Crippen LogP contribution in [0.1, 0.15) is 10.4 Å². The third kappa shape index (κ3) is 3.30. The Morgan fingerprint density at radius 2 is 1.84 bits per heavy atom. The van der Waals surface area contributed by atoms with Crippen molar-refractivity contribution in [3.63, 3.8) is 0 Å². The fourth-order valence-electron chi connectivity index (χ4n) is 1.46. The number of hydrogen-bond donors (Lipinski definition) is 1. The van der Waals surface area contributed by atoms with Crippen LogP contribution in [-0.2, 0) is 0 Å². The molecule has 0 unspecified atom stereocenters. The molecule has 98 valence electrons. The van der Waals surface area contributed by atoms with E-state index in [4.69, 9.17) is 11.6 Å². The molecule has 1 N–H and O–H groups in total. The molecule has 0 saturated carbocycles. The van der Waals surface area contributed by atoms with Gasteiger partial charge in [0.15, 0.2) is 0 Å². The van der Waals surface area contributed by atoms with Crippen LogP contribution in [0.25, 0.3) is 0 Å². The molecule has 0 aliphatic rings. The van der Waals surface area contributed by atoms with Crippen LogP contribution in [0.4, 0.5) is 14.5 Å². The highest BCUT2D eigenvalue weighted by molar-refractivity contribution is 9.10. The van der Waals surface area contributed by atoms with Crippen molar-refractivity contribution in [2.24, 2.45) is 0 Å². The molecular formula is C13H7BrClF2NO. The van der Waals surface area contributed by atoms with Crippen LogP contribution < -0.4 is 5.32 Å². The Labute approximate surface area is 121 Å². The lowest BCUT2D eigenvalue weighted by Crippen LogP contribution is -2.14. The average Bonchev–Trinajstić information content (AvgIpc) is 2.33. The summed E-state index contributed by atoms with van der Waals surface area (Å²) in [5.41, 5.74) is -0.276. The molecule has 0 bridgehead atoms. The van der Waals surface area contributed by atoms with Gasteiger partial charge >= 0.3 is 0 Å². The molecule has 0 saturated heterocycles. The molecule has 2 aromatic rings. The van der Waals surface area contributed by atoms with E-state index in [0.717, 1.165) is 12.1 Å². The first-order valence-corrected chi connectivity index (χ1v) is 6.36. The van der Waals surface area contributed by atoms with E-state index >= 15 is 0 Å². The molecule has 0 aliphatic carbocycles. The lowest BCUT2D eigenvalue weighted by molar-refractivity contribution is 0.102. The van der Waals surface area contributed by atoms with Gasteiger partial charge in [0.2, 0.25) is 0 Å². The van der Waals surface area contributed by atoms with Crippen molar-refractivity contribution < 1.29 is 13.6 Å². The average molecular weight is 347 g/mol. The Bertz CT molecular complexity index is 649. The van der Waals surface area contributed by atoms with Gasteiger partial charge in [-0.3, -0.25) is 4.79 Å². The Kier molecular flexibility index (Phi) is 4.17. The predicted molar refractivity (Wildman–Crippen MR) is 73.5 cm³/mol. The number of carbonyl (C=O) groups excluding carboxylic acids is 1. The van der Waals surface area contributed by atoms with Gasteiger partial charge in [-0.1, -0.05) is 27.5 Å². The number of anilines is 1. The summed E-state index contributed by atoms with van der Waals surface area (Å²) in [7, 11) is 0. The topological polar surface area (TPSA) is 29.1 Å². The molecular weight excluding hydrogens is 340 g/mol. The van der Waals surface area contributed by atoms with Gasteiger partial charge in [-0.25, -0.2) is 8.78 Å². The summed E-state index contributed by atoms with van der Waals surface area (Å²) in [5.74, 6) is -2.09. The number of halogens is 4. The van der Waals surface area contributed by atoms with Gasteiger partial charge in [0.25, 0.3) is 5.91 Å². The molecule has 6 heteroatoms. The fourth-order valence-corrected chi connectivity index (χ4v) is 1.96. The standard InChI is InChI=1S/C13H7BrClF2NO/c14-7-1-3-9(11(17)5-7)13(19)18-12-6-8(15)2-4-10(12)16/h1-6H,(H,18,19). The highest BCUT2D eigenvalue weighted by Gasteiger charge is 2.14. The lowest BCUT2D eigenvalue weighted by atomic mass is 10.2. The summed E-state index contributed by atoms with van der Waals surface area (Å²) in [6.07, 6.45) is 0. The van der Waals surface area contributed by atoms with Crippen molar-refractivity contribution >= 4 is 39.1 Å². The zero-order chi connectivity index (χ0) is 14.0. The van der Waals surface area contributed by atoms with E-state index in [1.54, 1.807) is 0 Å². The third-order valence-corrected chi connectivity index (χ3v) is 3.08. The number of benzene rings is 2. The number of nitrogens with one attached hydrogen (secondary N) is 1. The first-order chi connectivity index (χ1) is 8.97. The van der Waals surface area contributed by atoms with E-state index in [2.05, 4.69) is 21.2 Å². The number of rotatable bonds is 2. The molecule has 0 atom stereocenters. The fraction of sp³-hybridized carbons (Fsp3) is 0.